The Hall–Kier alpha value is -1.54. The van der Waals surface area contributed by atoms with Gasteiger partial charge in [-0.05, 0) is 24.3 Å². The van der Waals surface area contributed by atoms with Crippen molar-refractivity contribution in [3.8, 4) is 0 Å². The van der Waals surface area contributed by atoms with Gasteiger partial charge in [0.25, 0.3) is 0 Å². The molecule has 3 rings (SSSR count). The zero-order valence-electron chi connectivity index (χ0n) is 7.31. The van der Waals surface area contributed by atoms with E-state index in [2.05, 4.69) is 4.98 Å². The van der Waals surface area contributed by atoms with Crippen LogP contribution >= 0.6 is 11.6 Å². The molecule has 0 saturated heterocycles. The van der Waals surface area contributed by atoms with Crippen LogP contribution in [0.4, 0.5) is 0 Å². The first-order valence-electron chi connectivity index (χ1n) is 4.37. The van der Waals surface area contributed by atoms with Crippen molar-refractivity contribution in [2.24, 2.45) is 0 Å². The van der Waals surface area contributed by atoms with Gasteiger partial charge in [0, 0.05) is 6.20 Å². The van der Waals surface area contributed by atoms with Crippen LogP contribution in [0.25, 0.3) is 16.7 Å². The van der Waals surface area contributed by atoms with Crippen LogP contribution in [0.2, 0.25) is 5.02 Å². The fraction of sp³-hybridized carbons (Fsp3) is 0. The minimum absolute atomic E-state index is 0.700. The number of aromatic nitrogens is 2. The van der Waals surface area contributed by atoms with Crippen LogP contribution < -0.4 is 0 Å². The van der Waals surface area contributed by atoms with Crippen molar-refractivity contribution in [2.45, 2.75) is 0 Å². The number of halogens is 1. The predicted molar refractivity (Wildman–Crippen MR) is 57.7 cm³/mol. The third kappa shape index (κ3) is 0.946. The van der Waals surface area contributed by atoms with Gasteiger partial charge in [-0.1, -0.05) is 23.7 Å². The van der Waals surface area contributed by atoms with E-state index in [1.165, 1.54) is 0 Å². The van der Waals surface area contributed by atoms with E-state index in [9.17, 15) is 0 Å². The largest absolute Gasteiger partial charge is 0.300 e. The van der Waals surface area contributed by atoms with Crippen LogP contribution in [-0.2, 0) is 0 Å². The van der Waals surface area contributed by atoms with Gasteiger partial charge in [0.05, 0.1) is 10.5 Å². The Morgan fingerprint density at radius 2 is 2.00 bits per heavy atom. The van der Waals surface area contributed by atoms with Crippen LogP contribution in [0.3, 0.4) is 0 Å². The Morgan fingerprint density at radius 3 is 2.93 bits per heavy atom. The lowest BCUT2D eigenvalue weighted by Gasteiger charge is -1.93. The van der Waals surface area contributed by atoms with Crippen molar-refractivity contribution >= 4 is 28.3 Å². The molecule has 14 heavy (non-hydrogen) atoms. The van der Waals surface area contributed by atoms with Gasteiger partial charge in [-0.3, -0.25) is 4.40 Å². The number of pyridine rings is 1. The van der Waals surface area contributed by atoms with Crippen molar-refractivity contribution in [2.75, 3.05) is 0 Å². The molecule has 0 fully saturated rings. The van der Waals surface area contributed by atoms with Crippen molar-refractivity contribution < 1.29 is 0 Å². The van der Waals surface area contributed by atoms with Crippen LogP contribution in [-0.4, -0.2) is 9.38 Å². The predicted octanol–water partition coefficient (Wildman–Crippen LogP) is 3.14. The standard InChI is InChI=1S/C11H7ClN2/c12-8-4-3-5-9-11(8)13-10-6-1-2-7-14(9)10/h1-7H. The highest BCUT2D eigenvalue weighted by atomic mass is 35.5. The Labute approximate surface area is 85.8 Å². The molecule has 0 atom stereocenters. The zero-order valence-corrected chi connectivity index (χ0v) is 8.07. The molecule has 0 N–H and O–H groups in total. The molecular formula is C11H7ClN2. The first kappa shape index (κ1) is 7.83. The molecule has 2 aromatic heterocycles. The molecule has 0 radical (unpaired) electrons. The molecule has 3 heteroatoms. The molecule has 0 spiro atoms. The van der Waals surface area contributed by atoms with E-state index in [1.54, 1.807) is 0 Å². The maximum Gasteiger partial charge on any atom is 0.137 e. The molecule has 0 bridgehead atoms. The van der Waals surface area contributed by atoms with Crippen LogP contribution in [0.15, 0.2) is 42.6 Å². The number of fused-ring (bicyclic) bond motifs is 3. The summed E-state index contributed by atoms with van der Waals surface area (Å²) in [7, 11) is 0. The number of imidazole rings is 1. The second-order valence-corrected chi connectivity index (χ2v) is 3.56. The Balaban J connectivity index is 2.63. The van der Waals surface area contributed by atoms with Gasteiger partial charge in [0.1, 0.15) is 11.2 Å². The second-order valence-electron chi connectivity index (χ2n) is 3.15. The molecule has 68 valence electrons. The fourth-order valence-electron chi connectivity index (χ4n) is 1.65. The topological polar surface area (TPSA) is 17.3 Å². The van der Waals surface area contributed by atoms with Crippen molar-refractivity contribution in [3.05, 3.63) is 47.6 Å². The summed E-state index contributed by atoms with van der Waals surface area (Å²) in [5.74, 6) is 0. The average Bonchev–Trinajstić information content (AvgIpc) is 2.59. The van der Waals surface area contributed by atoms with E-state index in [4.69, 9.17) is 11.6 Å². The molecule has 3 aromatic rings. The molecule has 0 saturated carbocycles. The second kappa shape index (κ2) is 2.72. The highest BCUT2D eigenvalue weighted by molar-refractivity contribution is 6.35. The maximum absolute atomic E-state index is 6.05. The summed E-state index contributed by atoms with van der Waals surface area (Å²) >= 11 is 6.05. The number of nitrogens with zero attached hydrogens (tertiary/aromatic N) is 2. The molecule has 2 nitrogen and oxygen atoms in total. The Morgan fingerprint density at radius 1 is 1.07 bits per heavy atom. The number of rotatable bonds is 0. The quantitative estimate of drug-likeness (QED) is 0.548. The van der Waals surface area contributed by atoms with Gasteiger partial charge < -0.3 is 0 Å². The summed E-state index contributed by atoms with van der Waals surface area (Å²) in [6, 6.07) is 11.7. The summed E-state index contributed by atoms with van der Waals surface area (Å²) in [4.78, 5) is 4.45. The van der Waals surface area contributed by atoms with E-state index in [-0.39, 0.29) is 0 Å². The monoisotopic (exact) mass is 202 g/mol. The van der Waals surface area contributed by atoms with E-state index < -0.39 is 0 Å². The molecule has 0 amide bonds. The number of hydrogen-bond donors (Lipinski definition) is 0. The molecule has 0 aliphatic heterocycles. The Kier molecular flexibility index (Phi) is 1.52. The van der Waals surface area contributed by atoms with Gasteiger partial charge >= 0.3 is 0 Å². The van der Waals surface area contributed by atoms with Gasteiger partial charge in [-0.25, -0.2) is 4.98 Å². The van der Waals surface area contributed by atoms with Crippen LogP contribution in [0.1, 0.15) is 0 Å². The lowest BCUT2D eigenvalue weighted by molar-refractivity contribution is 1.23. The first-order chi connectivity index (χ1) is 6.86. The molecule has 0 unspecified atom stereocenters. The van der Waals surface area contributed by atoms with Crippen molar-refractivity contribution in [1.29, 1.82) is 0 Å². The van der Waals surface area contributed by atoms with Gasteiger partial charge in [-0.2, -0.15) is 0 Å². The van der Waals surface area contributed by atoms with Crippen molar-refractivity contribution in [1.82, 2.24) is 9.38 Å². The summed E-state index contributed by atoms with van der Waals surface area (Å²) in [6.07, 6.45) is 1.99. The SMILES string of the molecule is Clc1cccc2c1nc1ccccn12. The average molecular weight is 203 g/mol. The van der Waals surface area contributed by atoms with Gasteiger partial charge in [0.15, 0.2) is 0 Å². The maximum atomic E-state index is 6.05. The smallest absolute Gasteiger partial charge is 0.137 e. The number of hydrogen-bond acceptors (Lipinski definition) is 1. The Bertz CT molecular complexity index is 613. The van der Waals surface area contributed by atoms with Gasteiger partial charge in [-0.15, -0.1) is 0 Å². The highest BCUT2D eigenvalue weighted by Crippen LogP contribution is 2.23. The molecule has 0 aliphatic carbocycles. The molecule has 2 heterocycles. The fourth-order valence-corrected chi connectivity index (χ4v) is 1.86. The molecule has 0 aliphatic rings. The van der Waals surface area contributed by atoms with Crippen molar-refractivity contribution in [3.63, 3.8) is 0 Å². The van der Waals surface area contributed by atoms with E-state index in [0.29, 0.717) is 5.02 Å². The van der Waals surface area contributed by atoms with Gasteiger partial charge in [0.2, 0.25) is 0 Å². The normalized spacial score (nSPS) is 11.2. The minimum Gasteiger partial charge on any atom is -0.300 e. The van der Waals surface area contributed by atoms with E-state index in [0.717, 1.165) is 16.7 Å². The number of benzene rings is 1. The molecule has 1 aromatic carbocycles. The lowest BCUT2D eigenvalue weighted by atomic mass is 10.3. The zero-order chi connectivity index (χ0) is 9.54. The first-order valence-corrected chi connectivity index (χ1v) is 4.75. The summed E-state index contributed by atoms with van der Waals surface area (Å²) in [5.41, 5.74) is 2.84. The van der Waals surface area contributed by atoms with Crippen LogP contribution in [0.5, 0.6) is 0 Å². The summed E-state index contributed by atoms with van der Waals surface area (Å²) < 4.78 is 2.03. The minimum atomic E-state index is 0.700. The molecular weight excluding hydrogens is 196 g/mol. The third-order valence-corrected chi connectivity index (χ3v) is 2.59. The summed E-state index contributed by atoms with van der Waals surface area (Å²) in [5, 5.41) is 0.700. The van der Waals surface area contributed by atoms with E-state index >= 15 is 0 Å². The summed E-state index contributed by atoms with van der Waals surface area (Å²) in [6.45, 7) is 0. The number of para-hydroxylation sites is 1. The van der Waals surface area contributed by atoms with E-state index in [1.807, 2.05) is 47.0 Å². The highest BCUT2D eigenvalue weighted by Gasteiger charge is 2.05. The third-order valence-electron chi connectivity index (χ3n) is 2.29. The van der Waals surface area contributed by atoms with Crippen LogP contribution in [0, 0.1) is 0 Å². The lowest BCUT2D eigenvalue weighted by Crippen LogP contribution is -1.80.